The second-order valence-corrected chi connectivity index (χ2v) is 8.79. The predicted molar refractivity (Wildman–Crippen MR) is 129 cm³/mol. The third kappa shape index (κ3) is 6.11. The van der Waals surface area contributed by atoms with Crippen LogP contribution in [0.3, 0.4) is 0 Å². The maximum absolute atomic E-state index is 13.5. The Hall–Kier alpha value is -4.01. The van der Waals surface area contributed by atoms with Gasteiger partial charge in [-0.1, -0.05) is 18.2 Å². The molecule has 1 aliphatic heterocycles. The van der Waals surface area contributed by atoms with Crippen molar-refractivity contribution < 1.29 is 29.1 Å². The van der Waals surface area contributed by atoms with Gasteiger partial charge in [-0.25, -0.2) is 0 Å². The largest absolute Gasteiger partial charge is 0.507 e. The first-order valence-corrected chi connectivity index (χ1v) is 11.3. The van der Waals surface area contributed by atoms with E-state index in [0.29, 0.717) is 41.5 Å². The lowest BCUT2D eigenvalue weighted by molar-refractivity contribution is -0.126. The van der Waals surface area contributed by atoms with Gasteiger partial charge in [-0.2, -0.15) is 0 Å². The van der Waals surface area contributed by atoms with Crippen LogP contribution in [0.4, 0.5) is 5.69 Å². The maximum atomic E-state index is 13.5. The van der Waals surface area contributed by atoms with Gasteiger partial charge >= 0.3 is 0 Å². The summed E-state index contributed by atoms with van der Waals surface area (Å²) < 4.78 is 0. The monoisotopic (exact) mass is 479 g/mol. The molecule has 184 valence electrons. The number of benzene rings is 2. The van der Waals surface area contributed by atoms with Crippen molar-refractivity contribution >= 4 is 35.5 Å². The second-order valence-electron chi connectivity index (χ2n) is 8.79. The summed E-state index contributed by atoms with van der Waals surface area (Å²) in [6, 6.07) is 8.39. The Bertz CT molecular complexity index is 1150. The molecule has 3 N–H and O–H groups in total. The SMILES string of the molecule is CC(=O)C[C@@H](C=O)NC(=O)CN1C(=O)[C@@H](NC(=O)c2cc(C)c(O)c(C)c2)CCc2ccccc21. The van der Waals surface area contributed by atoms with E-state index in [1.165, 1.54) is 11.8 Å². The predicted octanol–water partition coefficient (Wildman–Crippen LogP) is 1.75. The fourth-order valence-electron chi connectivity index (χ4n) is 4.18. The van der Waals surface area contributed by atoms with E-state index in [4.69, 9.17) is 0 Å². The molecule has 3 amide bonds. The number of para-hydroxylation sites is 1. The average molecular weight is 480 g/mol. The number of phenols is 1. The number of Topliss-reactive ketones (excluding diaryl/α,β-unsaturated/α-hetero) is 1. The van der Waals surface area contributed by atoms with Crippen LogP contribution in [0.2, 0.25) is 0 Å². The average Bonchev–Trinajstić information content (AvgIpc) is 2.93. The first kappa shape index (κ1) is 25.6. The van der Waals surface area contributed by atoms with E-state index in [1.807, 2.05) is 12.1 Å². The molecule has 0 aliphatic carbocycles. The smallest absolute Gasteiger partial charge is 0.251 e. The van der Waals surface area contributed by atoms with E-state index in [1.54, 1.807) is 38.1 Å². The number of anilines is 1. The number of hydrogen-bond acceptors (Lipinski definition) is 6. The number of nitrogens with zero attached hydrogens (tertiary/aromatic N) is 1. The third-order valence-electron chi connectivity index (χ3n) is 5.93. The van der Waals surface area contributed by atoms with Gasteiger partial charge in [0.1, 0.15) is 30.4 Å². The molecule has 2 aromatic rings. The molecule has 0 saturated heterocycles. The highest BCUT2D eigenvalue weighted by Gasteiger charge is 2.33. The first-order chi connectivity index (χ1) is 16.6. The molecule has 9 nitrogen and oxygen atoms in total. The Labute approximate surface area is 203 Å². The lowest BCUT2D eigenvalue weighted by Gasteiger charge is -2.26. The van der Waals surface area contributed by atoms with E-state index in [0.717, 1.165) is 5.56 Å². The van der Waals surface area contributed by atoms with Gasteiger partial charge in [-0.05, 0) is 68.5 Å². The Balaban J connectivity index is 1.83. The van der Waals surface area contributed by atoms with E-state index in [-0.39, 0.29) is 24.5 Å². The van der Waals surface area contributed by atoms with Crippen molar-refractivity contribution in [1.29, 1.82) is 0 Å². The molecule has 2 aromatic carbocycles. The van der Waals surface area contributed by atoms with Gasteiger partial charge in [0.25, 0.3) is 5.91 Å². The van der Waals surface area contributed by atoms with Gasteiger partial charge in [0, 0.05) is 17.7 Å². The van der Waals surface area contributed by atoms with Gasteiger partial charge < -0.3 is 25.4 Å². The highest BCUT2D eigenvalue weighted by molar-refractivity contribution is 6.06. The van der Waals surface area contributed by atoms with Crippen molar-refractivity contribution in [3.8, 4) is 5.75 Å². The number of aryl methyl sites for hydroxylation is 3. The Morgan fingerprint density at radius 1 is 1.17 bits per heavy atom. The molecule has 3 rings (SSSR count). The molecule has 2 atom stereocenters. The van der Waals surface area contributed by atoms with Crippen molar-refractivity contribution in [2.45, 2.75) is 52.1 Å². The molecule has 0 aromatic heterocycles. The summed E-state index contributed by atoms with van der Waals surface area (Å²) in [5.74, 6) is -1.66. The number of hydrogen-bond donors (Lipinski definition) is 3. The van der Waals surface area contributed by atoms with Crippen molar-refractivity contribution in [1.82, 2.24) is 10.6 Å². The summed E-state index contributed by atoms with van der Waals surface area (Å²) in [6.07, 6.45) is 1.18. The molecule has 9 heteroatoms. The van der Waals surface area contributed by atoms with Crippen LogP contribution < -0.4 is 15.5 Å². The number of ketones is 1. The number of carbonyl (C=O) groups is 5. The Morgan fingerprint density at radius 2 is 1.83 bits per heavy atom. The lowest BCUT2D eigenvalue weighted by atomic mass is 10.0. The molecule has 0 bridgehead atoms. The summed E-state index contributed by atoms with van der Waals surface area (Å²) in [5.41, 5.74) is 2.80. The number of amides is 3. The summed E-state index contributed by atoms with van der Waals surface area (Å²) in [7, 11) is 0. The second kappa shape index (κ2) is 10.9. The van der Waals surface area contributed by atoms with Gasteiger partial charge in [-0.3, -0.25) is 19.2 Å². The van der Waals surface area contributed by atoms with Crippen LogP contribution in [0.1, 0.15) is 46.8 Å². The number of nitrogens with one attached hydrogen (secondary N) is 2. The van der Waals surface area contributed by atoms with Crippen LogP contribution in [0.15, 0.2) is 36.4 Å². The minimum Gasteiger partial charge on any atom is -0.507 e. The zero-order valence-corrected chi connectivity index (χ0v) is 20.0. The van der Waals surface area contributed by atoms with Crippen LogP contribution in [-0.2, 0) is 25.6 Å². The fourth-order valence-corrected chi connectivity index (χ4v) is 4.18. The van der Waals surface area contributed by atoms with Crippen LogP contribution >= 0.6 is 0 Å². The summed E-state index contributed by atoms with van der Waals surface area (Å²) in [6.45, 7) is 4.32. The number of rotatable bonds is 8. The van der Waals surface area contributed by atoms with Crippen LogP contribution in [0.25, 0.3) is 0 Å². The molecule has 0 radical (unpaired) electrons. The van der Waals surface area contributed by atoms with Gasteiger partial charge in [0.2, 0.25) is 11.8 Å². The molecule has 35 heavy (non-hydrogen) atoms. The highest BCUT2D eigenvalue weighted by Crippen LogP contribution is 2.27. The first-order valence-electron chi connectivity index (χ1n) is 11.3. The molecule has 0 unspecified atom stereocenters. The van der Waals surface area contributed by atoms with Crippen molar-refractivity contribution in [2.24, 2.45) is 0 Å². The van der Waals surface area contributed by atoms with Crippen molar-refractivity contribution in [3.63, 3.8) is 0 Å². The van der Waals surface area contributed by atoms with Gasteiger partial charge in [0.15, 0.2) is 0 Å². The topological polar surface area (TPSA) is 133 Å². The molecular weight excluding hydrogens is 450 g/mol. The standard InChI is InChI=1S/C26H29N3O6/c1-15-10-19(11-16(2)24(15)33)25(34)28-21-9-8-18-6-4-5-7-22(18)29(26(21)35)13-23(32)27-20(14-30)12-17(3)31/h4-7,10-11,14,20-21,33H,8-9,12-13H2,1-3H3,(H,27,32)(H,28,34)/t20-,21-/m0/s1. The fraction of sp³-hybridized carbons (Fsp3) is 0.346. The van der Waals surface area contributed by atoms with Gasteiger partial charge in [0.05, 0.1) is 6.04 Å². The van der Waals surface area contributed by atoms with E-state index >= 15 is 0 Å². The molecule has 0 saturated carbocycles. The number of phenolic OH excluding ortho intramolecular Hbond substituents is 1. The van der Waals surface area contributed by atoms with Gasteiger partial charge in [-0.15, -0.1) is 0 Å². The minimum absolute atomic E-state index is 0.109. The third-order valence-corrected chi connectivity index (χ3v) is 5.93. The van der Waals surface area contributed by atoms with E-state index in [2.05, 4.69) is 10.6 Å². The number of fused-ring (bicyclic) bond motifs is 1. The molecule has 0 spiro atoms. The van der Waals surface area contributed by atoms with Crippen LogP contribution in [0, 0.1) is 13.8 Å². The summed E-state index contributed by atoms with van der Waals surface area (Å²) >= 11 is 0. The number of carbonyl (C=O) groups excluding carboxylic acids is 5. The summed E-state index contributed by atoms with van der Waals surface area (Å²) in [5, 5.41) is 15.2. The molecular formula is C26H29N3O6. The van der Waals surface area contributed by atoms with E-state index < -0.39 is 29.8 Å². The molecule has 1 aliphatic rings. The number of aromatic hydroxyl groups is 1. The minimum atomic E-state index is -0.978. The zero-order chi connectivity index (χ0) is 25.7. The molecule has 0 fully saturated rings. The Kier molecular flexibility index (Phi) is 8.01. The van der Waals surface area contributed by atoms with Crippen molar-refractivity contribution in [3.05, 3.63) is 58.7 Å². The Morgan fingerprint density at radius 3 is 2.46 bits per heavy atom. The van der Waals surface area contributed by atoms with Crippen LogP contribution in [-0.4, -0.2) is 53.5 Å². The van der Waals surface area contributed by atoms with Crippen molar-refractivity contribution in [2.75, 3.05) is 11.4 Å². The van der Waals surface area contributed by atoms with Crippen LogP contribution in [0.5, 0.6) is 5.75 Å². The normalized spacial score (nSPS) is 16.0. The number of aldehydes is 1. The highest BCUT2D eigenvalue weighted by atomic mass is 16.3. The molecule has 1 heterocycles. The lowest BCUT2D eigenvalue weighted by Crippen LogP contribution is -2.51. The summed E-state index contributed by atoms with van der Waals surface area (Å²) in [4.78, 5) is 63.1. The van der Waals surface area contributed by atoms with E-state index in [9.17, 15) is 29.1 Å². The zero-order valence-electron chi connectivity index (χ0n) is 20.0. The maximum Gasteiger partial charge on any atom is 0.251 e. The quantitative estimate of drug-likeness (QED) is 0.494.